The van der Waals surface area contributed by atoms with Crippen molar-refractivity contribution in [1.29, 1.82) is 0 Å². The first-order chi connectivity index (χ1) is 6.24. The van der Waals surface area contributed by atoms with Crippen LogP contribution in [0.1, 0.15) is 38.5 Å². The van der Waals surface area contributed by atoms with Crippen molar-refractivity contribution < 1.29 is 10.4 Å². The van der Waals surface area contributed by atoms with Crippen molar-refractivity contribution in [3.8, 4) is 0 Å². The number of amidine groups is 1. The lowest BCUT2D eigenvalue weighted by molar-refractivity contribution is 0.00568. The first-order valence-electron chi connectivity index (χ1n) is 4.87. The van der Waals surface area contributed by atoms with Crippen LogP contribution in [0.4, 0.5) is 0 Å². The van der Waals surface area contributed by atoms with E-state index in [1.54, 1.807) is 0 Å². The summed E-state index contributed by atoms with van der Waals surface area (Å²) in [5, 5.41) is 21.7. The van der Waals surface area contributed by atoms with Gasteiger partial charge in [0.2, 0.25) is 0 Å². The third kappa shape index (κ3) is 3.22. The van der Waals surface area contributed by atoms with E-state index < -0.39 is 0 Å². The summed E-state index contributed by atoms with van der Waals surface area (Å²) < 4.78 is 0. The van der Waals surface area contributed by atoms with Crippen molar-refractivity contribution >= 4 is 5.84 Å². The van der Waals surface area contributed by atoms with Gasteiger partial charge < -0.3 is 5.21 Å². The Labute approximate surface area is 78.8 Å². The van der Waals surface area contributed by atoms with Crippen LogP contribution in [-0.2, 0) is 0 Å². The molecule has 0 spiro atoms. The van der Waals surface area contributed by atoms with Crippen molar-refractivity contribution in [2.45, 2.75) is 38.5 Å². The topological polar surface area (TPSA) is 56.1 Å². The molecule has 0 atom stereocenters. The summed E-state index contributed by atoms with van der Waals surface area (Å²) in [6.45, 7) is 0. The number of hydrogen-bond donors (Lipinski definition) is 2. The molecule has 0 amide bonds. The molecule has 2 N–H and O–H groups in total. The fourth-order valence-corrected chi connectivity index (χ4v) is 1.89. The fourth-order valence-electron chi connectivity index (χ4n) is 1.89. The second kappa shape index (κ2) is 5.07. The highest BCUT2D eigenvalue weighted by Crippen LogP contribution is 2.26. The number of rotatable bonds is 2. The van der Waals surface area contributed by atoms with Crippen LogP contribution in [0.25, 0.3) is 0 Å². The minimum atomic E-state index is 0.368. The largest absolute Gasteiger partial charge is 0.409 e. The summed E-state index contributed by atoms with van der Waals surface area (Å²) in [7, 11) is 1.48. The summed E-state index contributed by atoms with van der Waals surface area (Å²) in [6, 6.07) is 0. The zero-order chi connectivity index (χ0) is 9.68. The SMILES string of the molecule is CN(O)/C(CC1CCCCC1)=N\O. The minimum Gasteiger partial charge on any atom is -0.409 e. The van der Waals surface area contributed by atoms with Crippen LogP contribution in [0.5, 0.6) is 0 Å². The van der Waals surface area contributed by atoms with Crippen LogP contribution in [0.15, 0.2) is 5.16 Å². The lowest BCUT2D eigenvalue weighted by Crippen LogP contribution is -2.26. The van der Waals surface area contributed by atoms with Gasteiger partial charge in [-0.2, -0.15) is 0 Å². The Hall–Kier alpha value is -0.770. The normalized spacial score (nSPS) is 20.3. The molecule has 1 fully saturated rings. The van der Waals surface area contributed by atoms with E-state index in [-0.39, 0.29) is 0 Å². The summed E-state index contributed by atoms with van der Waals surface area (Å²) in [5.74, 6) is 0.946. The average Bonchev–Trinajstić information content (AvgIpc) is 2.15. The van der Waals surface area contributed by atoms with Gasteiger partial charge in [0, 0.05) is 13.5 Å². The molecule has 0 heterocycles. The van der Waals surface area contributed by atoms with Gasteiger partial charge in [-0.1, -0.05) is 37.3 Å². The molecule has 13 heavy (non-hydrogen) atoms. The van der Waals surface area contributed by atoms with E-state index in [4.69, 9.17) is 10.4 Å². The molecule has 0 saturated heterocycles. The van der Waals surface area contributed by atoms with E-state index in [0.717, 1.165) is 5.06 Å². The monoisotopic (exact) mass is 186 g/mol. The van der Waals surface area contributed by atoms with E-state index in [1.807, 2.05) is 0 Å². The summed E-state index contributed by atoms with van der Waals surface area (Å²) >= 11 is 0. The maximum absolute atomic E-state index is 9.09. The number of nitrogens with zero attached hydrogens (tertiary/aromatic N) is 2. The van der Waals surface area contributed by atoms with Crippen LogP contribution >= 0.6 is 0 Å². The molecular weight excluding hydrogens is 168 g/mol. The van der Waals surface area contributed by atoms with Gasteiger partial charge in [-0.3, -0.25) is 5.21 Å². The molecule has 0 bridgehead atoms. The minimum absolute atomic E-state index is 0.368. The van der Waals surface area contributed by atoms with Crippen molar-refractivity contribution in [3.63, 3.8) is 0 Å². The van der Waals surface area contributed by atoms with E-state index in [1.165, 1.54) is 39.2 Å². The van der Waals surface area contributed by atoms with Gasteiger partial charge >= 0.3 is 0 Å². The summed E-state index contributed by atoms with van der Waals surface area (Å²) in [5.41, 5.74) is 0. The second-order valence-corrected chi connectivity index (χ2v) is 3.75. The third-order valence-electron chi connectivity index (χ3n) is 2.68. The van der Waals surface area contributed by atoms with Gasteiger partial charge in [0.15, 0.2) is 5.84 Å². The standard InChI is InChI=1S/C9H18N2O2/c1-11(13)9(10-12)7-8-5-3-2-4-6-8/h8,12-13H,2-7H2,1H3/b10-9-. The first-order valence-corrected chi connectivity index (χ1v) is 4.87. The molecule has 0 aliphatic heterocycles. The summed E-state index contributed by atoms with van der Waals surface area (Å²) in [4.78, 5) is 0. The molecular formula is C9H18N2O2. The molecule has 0 aromatic rings. The lowest BCUT2D eigenvalue weighted by atomic mass is 9.87. The maximum atomic E-state index is 9.09. The van der Waals surface area contributed by atoms with Crippen molar-refractivity contribution in [2.24, 2.45) is 11.1 Å². The smallest absolute Gasteiger partial charge is 0.167 e. The molecule has 1 aliphatic rings. The summed E-state index contributed by atoms with van der Waals surface area (Å²) in [6.07, 6.45) is 6.90. The molecule has 4 heteroatoms. The van der Waals surface area contributed by atoms with Crippen LogP contribution in [0.3, 0.4) is 0 Å². The molecule has 1 aliphatic carbocycles. The number of hydroxylamine groups is 2. The molecule has 4 nitrogen and oxygen atoms in total. The molecule has 0 unspecified atom stereocenters. The molecule has 1 saturated carbocycles. The van der Waals surface area contributed by atoms with E-state index in [2.05, 4.69) is 5.16 Å². The van der Waals surface area contributed by atoms with E-state index >= 15 is 0 Å². The predicted molar refractivity (Wildman–Crippen MR) is 50.0 cm³/mol. The second-order valence-electron chi connectivity index (χ2n) is 3.75. The first kappa shape index (κ1) is 10.3. The van der Waals surface area contributed by atoms with Crippen molar-refractivity contribution in [1.82, 2.24) is 5.06 Å². The zero-order valence-corrected chi connectivity index (χ0v) is 8.11. The molecule has 0 radical (unpaired) electrons. The molecule has 0 aromatic heterocycles. The van der Waals surface area contributed by atoms with Gasteiger partial charge in [0.25, 0.3) is 0 Å². The van der Waals surface area contributed by atoms with Crippen LogP contribution in [-0.4, -0.2) is 28.4 Å². The quantitative estimate of drug-likeness (QED) is 0.300. The fraction of sp³-hybridized carbons (Fsp3) is 0.889. The Morgan fingerprint density at radius 2 is 2.00 bits per heavy atom. The predicted octanol–water partition coefficient (Wildman–Crippen LogP) is 2.07. The van der Waals surface area contributed by atoms with Crippen LogP contribution in [0, 0.1) is 5.92 Å². The number of hydrogen-bond acceptors (Lipinski definition) is 3. The van der Waals surface area contributed by atoms with Crippen molar-refractivity contribution in [2.75, 3.05) is 7.05 Å². The Bertz CT molecular complexity index is 174. The Balaban J connectivity index is 2.36. The highest BCUT2D eigenvalue weighted by atomic mass is 16.5. The highest BCUT2D eigenvalue weighted by molar-refractivity contribution is 5.80. The van der Waals surface area contributed by atoms with Gasteiger partial charge in [-0.15, -0.1) is 0 Å². The molecule has 0 aromatic carbocycles. The van der Waals surface area contributed by atoms with E-state index in [0.29, 0.717) is 18.2 Å². The molecule has 76 valence electrons. The van der Waals surface area contributed by atoms with Gasteiger partial charge in [-0.05, 0) is 5.92 Å². The van der Waals surface area contributed by atoms with Crippen molar-refractivity contribution in [3.05, 3.63) is 0 Å². The van der Waals surface area contributed by atoms with Gasteiger partial charge in [0.1, 0.15) is 0 Å². The Morgan fingerprint density at radius 3 is 2.46 bits per heavy atom. The number of oxime groups is 1. The lowest BCUT2D eigenvalue weighted by Gasteiger charge is -2.23. The van der Waals surface area contributed by atoms with Crippen LogP contribution in [0.2, 0.25) is 0 Å². The highest BCUT2D eigenvalue weighted by Gasteiger charge is 2.17. The third-order valence-corrected chi connectivity index (χ3v) is 2.68. The van der Waals surface area contributed by atoms with E-state index in [9.17, 15) is 0 Å². The Morgan fingerprint density at radius 1 is 1.38 bits per heavy atom. The zero-order valence-electron chi connectivity index (χ0n) is 8.11. The molecule has 1 rings (SSSR count). The van der Waals surface area contributed by atoms with Gasteiger partial charge in [-0.25, -0.2) is 5.06 Å². The average molecular weight is 186 g/mol. The maximum Gasteiger partial charge on any atom is 0.167 e. The van der Waals surface area contributed by atoms with Gasteiger partial charge in [0.05, 0.1) is 0 Å². The Kier molecular flexibility index (Phi) is 4.02. The van der Waals surface area contributed by atoms with Crippen LogP contribution < -0.4 is 0 Å².